The van der Waals surface area contributed by atoms with Crippen molar-refractivity contribution < 1.29 is 23.9 Å². The van der Waals surface area contributed by atoms with Crippen molar-refractivity contribution in [3.63, 3.8) is 0 Å². The van der Waals surface area contributed by atoms with Gasteiger partial charge in [0, 0.05) is 5.56 Å². The lowest BCUT2D eigenvalue weighted by molar-refractivity contribution is -0.150. The maximum atomic E-state index is 11.8. The number of hydrogen-bond acceptors (Lipinski definition) is 5. The van der Waals surface area contributed by atoms with Gasteiger partial charge < -0.3 is 9.47 Å². The first-order valence-corrected chi connectivity index (χ1v) is 7.70. The molecule has 0 unspecified atom stereocenters. The summed E-state index contributed by atoms with van der Waals surface area (Å²) in [6.45, 7) is 2.97. The molecule has 0 aliphatic heterocycles. The molecule has 25 heavy (non-hydrogen) atoms. The summed E-state index contributed by atoms with van der Waals surface area (Å²) in [6.07, 6.45) is 0. The van der Waals surface area contributed by atoms with Gasteiger partial charge in [0.25, 0.3) is 11.8 Å². The van der Waals surface area contributed by atoms with Crippen molar-refractivity contribution >= 4 is 17.8 Å². The second-order valence-electron chi connectivity index (χ2n) is 5.46. The van der Waals surface area contributed by atoms with E-state index in [9.17, 15) is 14.4 Å². The third-order valence-electron chi connectivity index (χ3n) is 3.33. The van der Waals surface area contributed by atoms with Gasteiger partial charge in [-0.05, 0) is 37.6 Å². The molecular weight excluding hydrogens is 322 g/mol. The van der Waals surface area contributed by atoms with E-state index in [1.165, 1.54) is 0 Å². The molecule has 130 valence electrons. The van der Waals surface area contributed by atoms with Crippen molar-refractivity contribution in [1.29, 1.82) is 0 Å². The summed E-state index contributed by atoms with van der Waals surface area (Å²) in [5, 5.41) is 2.14. The smallest absolute Gasteiger partial charge is 0.344 e. The Morgan fingerprint density at radius 3 is 2.36 bits per heavy atom. The average molecular weight is 341 g/mol. The van der Waals surface area contributed by atoms with Crippen LogP contribution in [-0.4, -0.2) is 31.0 Å². The third kappa shape index (κ3) is 5.76. The molecule has 2 aromatic carbocycles. The number of imide groups is 1. The lowest BCUT2D eigenvalue weighted by Gasteiger charge is -2.09. The number of rotatable bonds is 6. The Kier molecular flexibility index (Phi) is 6.28. The molecule has 0 atom stereocenters. The minimum atomic E-state index is -0.700. The predicted molar refractivity (Wildman–Crippen MR) is 91.3 cm³/mol. The van der Waals surface area contributed by atoms with E-state index in [2.05, 4.69) is 5.32 Å². The van der Waals surface area contributed by atoms with E-state index >= 15 is 0 Å². The van der Waals surface area contributed by atoms with Crippen molar-refractivity contribution in [3.05, 3.63) is 65.2 Å². The van der Waals surface area contributed by atoms with Gasteiger partial charge in [0.15, 0.2) is 13.2 Å². The molecule has 0 bridgehead atoms. The fourth-order valence-electron chi connectivity index (χ4n) is 2.11. The topological polar surface area (TPSA) is 81.7 Å². The summed E-state index contributed by atoms with van der Waals surface area (Å²) in [6, 6.07) is 13.9. The highest BCUT2D eigenvalue weighted by Gasteiger charge is 2.13. The van der Waals surface area contributed by atoms with E-state index in [1.54, 1.807) is 36.4 Å². The standard InChI is InChI=1S/C19H19NO5/c1-13-8-9-16(14(2)10-13)24-12-18(22)25-11-17(21)20-19(23)15-6-4-3-5-7-15/h3-10H,11-12H2,1-2H3,(H,20,21,23). The second-order valence-corrected chi connectivity index (χ2v) is 5.46. The van der Waals surface area contributed by atoms with E-state index in [1.807, 2.05) is 26.0 Å². The van der Waals surface area contributed by atoms with Crippen molar-refractivity contribution in [2.45, 2.75) is 13.8 Å². The molecule has 0 fully saturated rings. The molecular formula is C19H19NO5. The van der Waals surface area contributed by atoms with Gasteiger partial charge in [0.2, 0.25) is 0 Å². The number of esters is 1. The van der Waals surface area contributed by atoms with E-state index < -0.39 is 24.4 Å². The van der Waals surface area contributed by atoms with Gasteiger partial charge in [-0.2, -0.15) is 0 Å². The Bertz CT molecular complexity index is 771. The van der Waals surface area contributed by atoms with Crippen molar-refractivity contribution in [2.24, 2.45) is 0 Å². The molecule has 2 rings (SSSR count). The largest absolute Gasteiger partial charge is 0.482 e. The summed E-state index contributed by atoms with van der Waals surface area (Å²) in [7, 11) is 0. The molecule has 2 aromatic rings. The zero-order chi connectivity index (χ0) is 18.2. The summed E-state index contributed by atoms with van der Waals surface area (Å²) in [4.78, 5) is 35.1. The minimum Gasteiger partial charge on any atom is -0.482 e. The van der Waals surface area contributed by atoms with Crippen LogP contribution in [0.3, 0.4) is 0 Å². The number of nitrogens with one attached hydrogen (secondary N) is 1. The molecule has 0 spiro atoms. The molecule has 0 aliphatic rings. The monoisotopic (exact) mass is 341 g/mol. The van der Waals surface area contributed by atoms with Gasteiger partial charge in [0.05, 0.1) is 0 Å². The fourth-order valence-corrected chi connectivity index (χ4v) is 2.11. The van der Waals surface area contributed by atoms with Crippen molar-refractivity contribution in [3.8, 4) is 5.75 Å². The second kappa shape index (κ2) is 8.63. The van der Waals surface area contributed by atoms with Gasteiger partial charge in [-0.25, -0.2) is 4.79 Å². The molecule has 0 saturated heterocycles. The van der Waals surface area contributed by atoms with Crippen LogP contribution < -0.4 is 10.1 Å². The number of aryl methyl sites for hydroxylation is 2. The Morgan fingerprint density at radius 1 is 0.960 bits per heavy atom. The van der Waals surface area contributed by atoms with E-state index in [4.69, 9.17) is 9.47 Å². The van der Waals surface area contributed by atoms with Crippen LogP contribution in [-0.2, 0) is 14.3 Å². The summed E-state index contributed by atoms with van der Waals surface area (Å²) in [5.41, 5.74) is 2.34. The maximum absolute atomic E-state index is 11.8. The van der Waals surface area contributed by atoms with Gasteiger partial charge in [-0.15, -0.1) is 0 Å². The molecule has 6 heteroatoms. The van der Waals surface area contributed by atoms with Crippen LogP contribution >= 0.6 is 0 Å². The number of amides is 2. The van der Waals surface area contributed by atoms with Crippen LogP contribution in [0.2, 0.25) is 0 Å². The molecule has 0 saturated carbocycles. The molecule has 0 heterocycles. The molecule has 0 radical (unpaired) electrons. The molecule has 2 amide bonds. The van der Waals surface area contributed by atoms with Crippen LogP contribution in [0.15, 0.2) is 48.5 Å². The highest BCUT2D eigenvalue weighted by atomic mass is 16.6. The predicted octanol–water partition coefficient (Wildman–Crippen LogP) is 2.18. The average Bonchev–Trinajstić information content (AvgIpc) is 2.60. The van der Waals surface area contributed by atoms with Gasteiger partial charge in [-0.3, -0.25) is 14.9 Å². The molecule has 0 aliphatic carbocycles. The lowest BCUT2D eigenvalue weighted by Crippen LogP contribution is -2.34. The number of hydrogen-bond donors (Lipinski definition) is 1. The Balaban J connectivity index is 1.74. The first-order valence-electron chi connectivity index (χ1n) is 7.70. The number of benzene rings is 2. The van der Waals surface area contributed by atoms with Crippen molar-refractivity contribution in [2.75, 3.05) is 13.2 Å². The first-order chi connectivity index (χ1) is 12.0. The zero-order valence-electron chi connectivity index (χ0n) is 14.1. The molecule has 0 aromatic heterocycles. The molecule has 6 nitrogen and oxygen atoms in total. The quantitative estimate of drug-likeness (QED) is 0.815. The lowest BCUT2D eigenvalue weighted by atomic mass is 10.1. The van der Waals surface area contributed by atoms with Gasteiger partial charge in [0.1, 0.15) is 5.75 Å². The molecule has 1 N–H and O–H groups in total. The van der Waals surface area contributed by atoms with Crippen LogP contribution in [0.4, 0.5) is 0 Å². The highest BCUT2D eigenvalue weighted by molar-refractivity contribution is 6.05. The van der Waals surface area contributed by atoms with E-state index in [0.29, 0.717) is 11.3 Å². The Labute approximate surface area is 145 Å². The van der Waals surface area contributed by atoms with Gasteiger partial charge >= 0.3 is 5.97 Å². The van der Waals surface area contributed by atoms with Crippen LogP contribution in [0.25, 0.3) is 0 Å². The third-order valence-corrected chi connectivity index (χ3v) is 3.33. The van der Waals surface area contributed by atoms with E-state index in [-0.39, 0.29) is 6.61 Å². The van der Waals surface area contributed by atoms with Crippen molar-refractivity contribution in [1.82, 2.24) is 5.32 Å². The first kappa shape index (κ1) is 18.2. The minimum absolute atomic E-state index is 0.316. The normalized spacial score (nSPS) is 10.0. The van der Waals surface area contributed by atoms with Crippen LogP contribution in [0, 0.1) is 13.8 Å². The summed E-state index contributed by atoms with van der Waals surface area (Å²) >= 11 is 0. The number of ether oxygens (including phenoxy) is 2. The Hall–Kier alpha value is -3.15. The van der Waals surface area contributed by atoms with E-state index in [0.717, 1.165) is 11.1 Å². The number of carbonyl (C=O) groups is 3. The fraction of sp³-hybridized carbons (Fsp3) is 0.211. The highest BCUT2D eigenvalue weighted by Crippen LogP contribution is 2.18. The SMILES string of the molecule is Cc1ccc(OCC(=O)OCC(=O)NC(=O)c2ccccc2)c(C)c1. The summed E-state index contributed by atoms with van der Waals surface area (Å²) in [5.74, 6) is -1.37. The van der Waals surface area contributed by atoms with Crippen LogP contribution in [0.1, 0.15) is 21.5 Å². The number of carbonyl (C=O) groups excluding carboxylic acids is 3. The summed E-state index contributed by atoms with van der Waals surface area (Å²) < 4.78 is 10.2. The maximum Gasteiger partial charge on any atom is 0.344 e. The Morgan fingerprint density at radius 2 is 1.68 bits per heavy atom. The zero-order valence-corrected chi connectivity index (χ0v) is 14.1. The van der Waals surface area contributed by atoms with Gasteiger partial charge in [-0.1, -0.05) is 35.9 Å². The van der Waals surface area contributed by atoms with Crippen LogP contribution in [0.5, 0.6) is 5.75 Å².